The van der Waals surface area contributed by atoms with Crippen LogP contribution in [0.5, 0.6) is 0 Å². The van der Waals surface area contributed by atoms with Gasteiger partial charge < -0.3 is 20.3 Å². The minimum atomic E-state index is 0.509. The van der Waals surface area contributed by atoms with Gasteiger partial charge in [0.15, 0.2) is 5.96 Å². The third kappa shape index (κ3) is 4.98. The van der Waals surface area contributed by atoms with Crippen molar-refractivity contribution >= 4 is 22.3 Å². The first-order chi connectivity index (χ1) is 11.8. The zero-order valence-electron chi connectivity index (χ0n) is 14.5. The molecule has 2 N–H and O–H groups in total. The van der Waals surface area contributed by atoms with E-state index in [1.54, 1.807) is 0 Å². The third-order valence-corrected chi connectivity index (χ3v) is 5.60. The minimum Gasteiger partial charge on any atom is -0.377 e. The Balaban J connectivity index is 1.37. The van der Waals surface area contributed by atoms with Crippen molar-refractivity contribution in [3.63, 3.8) is 0 Å². The SMILES string of the molecule is CN=C(NCCC1=CCOCC1)NC1CCN(c2cccs2)CC1. The summed E-state index contributed by atoms with van der Waals surface area (Å²) in [7, 11) is 1.85. The maximum atomic E-state index is 5.35. The summed E-state index contributed by atoms with van der Waals surface area (Å²) in [5.41, 5.74) is 1.49. The van der Waals surface area contributed by atoms with E-state index in [4.69, 9.17) is 4.74 Å². The first-order valence-electron chi connectivity index (χ1n) is 8.86. The lowest BCUT2D eigenvalue weighted by Gasteiger charge is -2.33. The first-order valence-corrected chi connectivity index (χ1v) is 9.74. The second-order valence-electron chi connectivity index (χ2n) is 6.29. The van der Waals surface area contributed by atoms with Crippen molar-refractivity contribution in [1.82, 2.24) is 10.6 Å². The number of thiophene rings is 1. The molecule has 1 saturated heterocycles. The summed E-state index contributed by atoms with van der Waals surface area (Å²) in [6.07, 6.45) is 6.65. The predicted molar refractivity (Wildman–Crippen MR) is 102 cm³/mol. The molecule has 0 aliphatic carbocycles. The molecule has 0 saturated carbocycles. The summed E-state index contributed by atoms with van der Waals surface area (Å²) < 4.78 is 5.35. The maximum Gasteiger partial charge on any atom is 0.191 e. The van der Waals surface area contributed by atoms with E-state index >= 15 is 0 Å². The van der Waals surface area contributed by atoms with Crippen LogP contribution in [0.1, 0.15) is 25.7 Å². The first kappa shape index (κ1) is 17.3. The Morgan fingerprint density at radius 3 is 2.96 bits per heavy atom. The molecule has 0 bridgehead atoms. The van der Waals surface area contributed by atoms with Gasteiger partial charge >= 0.3 is 0 Å². The van der Waals surface area contributed by atoms with Gasteiger partial charge in [-0.15, -0.1) is 11.3 Å². The highest BCUT2D eigenvalue weighted by Crippen LogP contribution is 2.24. The quantitative estimate of drug-likeness (QED) is 0.488. The van der Waals surface area contributed by atoms with Crippen LogP contribution in [-0.4, -0.2) is 51.9 Å². The van der Waals surface area contributed by atoms with E-state index in [1.807, 2.05) is 18.4 Å². The van der Waals surface area contributed by atoms with Gasteiger partial charge in [0.05, 0.1) is 18.2 Å². The number of aliphatic imine (C=N–C) groups is 1. The summed E-state index contributed by atoms with van der Waals surface area (Å²) in [6, 6.07) is 4.85. The van der Waals surface area contributed by atoms with Gasteiger partial charge in [-0.1, -0.05) is 11.6 Å². The number of ether oxygens (including phenoxy) is 1. The molecule has 0 radical (unpaired) electrons. The molecule has 1 aromatic rings. The van der Waals surface area contributed by atoms with Crippen molar-refractivity contribution in [2.24, 2.45) is 4.99 Å². The van der Waals surface area contributed by atoms with Crippen molar-refractivity contribution in [1.29, 1.82) is 0 Å². The second kappa shape index (κ2) is 9.08. The molecule has 2 aliphatic rings. The van der Waals surface area contributed by atoms with Gasteiger partial charge in [-0.3, -0.25) is 4.99 Å². The van der Waals surface area contributed by atoms with Crippen LogP contribution in [0.15, 0.2) is 34.2 Å². The zero-order chi connectivity index (χ0) is 16.6. The molecule has 2 aliphatic heterocycles. The fourth-order valence-electron chi connectivity index (χ4n) is 3.22. The topological polar surface area (TPSA) is 48.9 Å². The predicted octanol–water partition coefficient (Wildman–Crippen LogP) is 2.62. The zero-order valence-corrected chi connectivity index (χ0v) is 15.3. The van der Waals surface area contributed by atoms with E-state index in [0.29, 0.717) is 6.04 Å². The maximum absolute atomic E-state index is 5.35. The standard InChI is InChI=1S/C18H28N4OS/c1-19-18(20-9-4-15-7-12-23-13-8-15)21-16-5-10-22(11-6-16)17-3-2-14-24-17/h2-3,7,14,16H,4-6,8-13H2,1H3,(H2,19,20,21). The Morgan fingerprint density at radius 1 is 1.42 bits per heavy atom. The van der Waals surface area contributed by atoms with Gasteiger partial charge in [-0.2, -0.15) is 0 Å². The lowest BCUT2D eigenvalue weighted by Crippen LogP contribution is -2.48. The lowest BCUT2D eigenvalue weighted by molar-refractivity contribution is 0.153. The normalized spacial score (nSPS) is 20.0. The van der Waals surface area contributed by atoms with Crippen molar-refractivity contribution in [3.05, 3.63) is 29.2 Å². The smallest absolute Gasteiger partial charge is 0.191 e. The number of anilines is 1. The Kier molecular flexibility index (Phi) is 6.55. The highest BCUT2D eigenvalue weighted by atomic mass is 32.1. The monoisotopic (exact) mass is 348 g/mol. The van der Waals surface area contributed by atoms with Gasteiger partial charge in [-0.25, -0.2) is 0 Å². The largest absolute Gasteiger partial charge is 0.377 e. The molecule has 6 heteroatoms. The summed E-state index contributed by atoms with van der Waals surface area (Å²) >= 11 is 1.83. The average Bonchev–Trinajstić information content (AvgIpc) is 3.17. The van der Waals surface area contributed by atoms with Crippen LogP contribution >= 0.6 is 11.3 Å². The van der Waals surface area contributed by atoms with Crippen molar-refractivity contribution in [2.75, 3.05) is 44.8 Å². The van der Waals surface area contributed by atoms with Crippen LogP contribution in [0.2, 0.25) is 0 Å². The highest BCUT2D eigenvalue weighted by molar-refractivity contribution is 7.14. The van der Waals surface area contributed by atoms with Gasteiger partial charge in [0.2, 0.25) is 0 Å². The summed E-state index contributed by atoms with van der Waals surface area (Å²) in [4.78, 5) is 6.86. The Labute approximate surface area is 148 Å². The molecule has 0 atom stereocenters. The fourth-order valence-corrected chi connectivity index (χ4v) is 4.00. The summed E-state index contributed by atoms with van der Waals surface area (Å²) in [5.74, 6) is 0.928. The van der Waals surface area contributed by atoms with Crippen LogP contribution in [0.25, 0.3) is 0 Å². The lowest BCUT2D eigenvalue weighted by atomic mass is 10.1. The number of hydrogen-bond acceptors (Lipinski definition) is 4. The van der Waals surface area contributed by atoms with Gasteiger partial charge in [0.1, 0.15) is 0 Å². The molecule has 3 rings (SSSR count). The number of piperidine rings is 1. The molecule has 5 nitrogen and oxygen atoms in total. The van der Waals surface area contributed by atoms with Gasteiger partial charge in [-0.05, 0) is 43.2 Å². The summed E-state index contributed by atoms with van der Waals surface area (Å²) in [5, 5.41) is 10.6. The number of guanidine groups is 1. The number of rotatable bonds is 5. The fraction of sp³-hybridized carbons (Fsp3) is 0.611. The van der Waals surface area contributed by atoms with Crippen molar-refractivity contribution in [3.8, 4) is 0 Å². The molecule has 0 amide bonds. The molecule has 1 aromatic heterocycles. The van der Waals surface area contributed by atoms with Crippen LogP contribution in [0.3, 0.4) is 0 Å². The van der Waals surface area contributed by atoms with E-state index in [2.05, 4.69) is 44.1 Å². The van der Waals surface area contributed by atoms with Crippen LogP contribution in [0, 0.1) is 0 Å². The van der Waals surface area contributed by atoms with E-state index < -0.39 is 0 Å². The average molecular weight is 349 g/mol. The molecule has 0 aromatic carbocycles. The highest BCUT2D eigenvalue weighted by Gasteiger charge is 2.20. The van der Waals surface area contributed by atoms with E-state index in [9.17, 15) is 0 Å². The van der Waals surface area contributed by atoms with Crippen LogP contribution in [0.4, 0.5) is 5.00 Å². The van der Waals surface area contributed by atoms with Crippen molar-refractivity contribution in [2.45, 2.75) is 31.7 Å². The van der Waals surface area contributed by atoms with Crippen LogP contribution < -0.4 is 15.5 Å². The Morgan fingerprint density at radius 2 is 2.29 bits per heavy atom. The molecule has 0 unspecified atom stereocenters. The molecule has 1 fully saturated rings. The molecule has 24 heavy (non-hydrogen) atoms. The Bertz CT molecular complexity index is 547. The van der Waals surface area contributed by atoms with Crippen LogP contribution in [-0.2, 0) is 4.74 Å². The van der Waals surface area contributed by atoms with E-state index in [-0.39, 0.29) is 0 Å². The van der Waals surface area contributed by atoms with Gasteiger partial charge in [0, 0.05) is 32.7 Å². The third-order valence-electron chi connectivity index (χ3n) is 4.67. The minimum absolute atomic E-state index is 0.509. The van der Waals surface area contributed by atoms with E-state index in [1.165, 1.54) is 10.6 Å². The van der Waals surface area contributed by atoms with Crippen molar-refractivity contribution < 1.29 is 4.74 Å². The summed E-state index contributed by atoms with van der Waals surface area (Å²) in [6.45, 7) is 4.79. The molecule has 0 spiro atoms. The Hall–Kier alpha value is -1.53. The molecular formula is C18H28N4OS. The second-order valence-corrected chi connectivity index (χ2v) is 7.22. The number of nitrogens with zero attached hydrogens (tertiary/aromatic N) is 2. The number of hydrogen-bond donors (Lipinski definition) is 2. The molecule has 3 heterocycles. The number of nitrogens with one attached hydrogen (secondary N) is 2. The van der Waals surface area contributed by atoms with Gasteiger partial charge in [0.25, 0.3) is 0 Å². The molecule has 132 valence electrons. The molecular weight excluding hydrogens is 320 g/mol. The van der Waals surface area contributed by atoms with E-state index in [0.717, 1.165) is 64.5 Å².